The van der Waals surface area contributed by atoms with Crippen molar-refractivity contribution in [2.75, 3.05) is 24.0 Å². The number of halogens is 1. The number of para-hydroxylation sites is 1. The standard InChI is InChI=1S/C13H15ClN2O3/c1-9-4-3-5-10(2)12(9)16(11(17)8-14)15-6-7-19-13(15)18/h3-5H,6-8H2,1-2H3. The van der Waals surface area contributed by atoms with Crippen LogP contribution in [0.25, 0.3) is 0 Å². The summed E-state index contributed by atoms with van der Waals surface area (Å²) in [5.74, 6) is -0.546. The van der Waals surface area contributed by atoms with Crippen molar-refractivity contribution < 1.29 is 14.3 Å². The van der Waals surface area contributed by atoms with E-state index < -0.39 is 6.09 Å². The molecular formula is C13H15ClN2O3. The molecule has 5 nitrogen and oxygen atoms in total. The Morgan fingerprint density at radius 1 is 1.42 bits per heavy atom. The van der Waals surface area contributed by atoms with Gasteiger partial charge in [-0.25, -0.2) is 14.8 Å². The zero-order valence-electron chi connectivity index (χ0n) is 10.9. The molecule has 1 aliphatic heterocycles. The van der Waals surface area contributed by atoms with E-state index in [1.165, 1.54) is 10.0 Å². The molecule has 1 aromatic rings. The Hall–Kier alpha value is -1.75. The molecule has 0 N–H and O–H groups in total. The first kappa shape index (κ1) is 13.7. The van der Waals surface area contributed by atoms with Crippen molar-refractivity contribution in [3.05, 3.63) is 29.3 Å². The largest absolute Gasteiger partial charge is 0.446 e. The molecule has 1 aromatic carbocycles. The lowest BCUT2D eigenvalue weighted by atomic mass is 10.1. The highest BCUT2D eigenvalue weighted by molar-refractivity contribution is 6.29. The van der Waals surface area contributed by atoms with Gasteiger partial charge in [0.05, 0.1) is 12.2 Å². The number of ether oxygens (including phenoxy) is 1. The van der Waals surface area contributed by atoms with Crippen molar-refractivity contribution in [2.24, 2.45) is 0 Å². The summed E-state index contributed by atoms with van der Waals surface area (Å²) in [6, 6.07) is 5.68. The maximum Gasteiger partial charge on any atom is 0.429 e. The fraction of sp³-hybridized carbons (Fsp3) is 0.385. The number of hydrogen-bond acceptors (Lipinski definition) is 3. The van der Waals surface area contributed by atoms with Gasteiger partial charge in [0.1, 0.15) is 12.5 Å². The van der Waals surface area contributed by atoms with Crippen molar-refractivity contribution in [1.82, 2.24) is 5.01 Å². The van der Waals surface area contributed by atoms with Crippen molar-refractivity contribution in [3.63, 3.8) is 0 Å². The fourth-order valence-electron chi connectivity index (χ4n) is 2.14. The lowest BCUT2D eigenvalue weighted by molar-refractivity contribution is -0.118. The molecule has 1 aliphatic rings. The number of benzene rings is 1. The van der Waals surface area contributed by atoms with Crippen LogP contribution in [0.5, 0.6) is 0 Å². The first-order valence-corrected chi connectivity index (χ1v) is 6.49. The number of alkyl halides is 1. The van der Waals surface area contributed by atoms with Crippen molar-refractivity contribution >= 4 is 29.3 Å². The molecule has 0 bridgehead atoms. The molecule has 1 fully saturated rings. The zero-order valence-corrected chi connectivity index (χ0v) is 11.6. The van der Waals surface area contributed by atoms with Crippen LogP contribution in [-0.4, -0.2) is 36.0 Å². The summed E-state index contributed by atoms with van der Waals surface area (Å²) >= 11 is 5.66. The Morgan fingerprint density at radius 3 is 2.53 bits per heavy atom. The molecule has 19 heavy (non-hydrogen) atoms. The summed E-state index contributed by atoms with van der Waals surface area (Å²) in [6.45, 7) is 4.39. The number of aryl methyl sites for hydroxylation is 2. The van der Waals surface area contributed by atoms with Gasteiger partial charge in [-0.2, -0.15) is 0 Å². The first-order chi connectivity index (χ1) is 9.06. The van der Waals surface area contributed by atoms with Crippen molar-refractivity contribution in [2.45, 2.75) is 13.8 Å². The topological polar surface area (TPSA) is 49.9 Å². The number of hydrazine groups is 1. The van der Waals surface area contributed by atoms with E-state index >= 15 is 0 Å². The highest BCUT2D eigenvalue weighted by atomic mass is 35.5. The second-order valence-corrected chi connectivity index (χ2v) is 4.58. The first-order valence-electron chi connectivity index (χ1n) is 5.95. The molecular weight excluding hydrogens is 268 g/mol. The van der Waals surface area contributed by atoms with Gasteiger partial charge >= 0.3 is 6.09 Å². The van der Waals surface area contributed by atoms with Crippen LogP contribution in [0.4, 0.5) is 10.5 Å². The Bertz CT molecular complexity index is 498. The lowest BCUT2D eigenvalue weighted by Crippen LogP contribution is -2.48. The van der Waals surface area contributed by atoms with Crippen LogP contribution in [0.1, 0.15) is 11.1 Å². The molecule has 0 unspecified atom stereocenters. The summed E-state index contributed by atoms with van der Waals surface area (Å²) in [4.78, 5) is 23.8. The number of anilines is 1. The van der Waals surface area contributed by atoms with E-state index in [4.69, 9.17) is 16.3 Å². The monoisotopic (exact) mass is 282 g/mol. The molecule has 0 aliphatic carbocycles. The van der Waals surface area contributed by atoms with Crippen LogP contribution in [0, 0.1) is 13.8 Å². The van der Waals surface area contributed by atoms with E-state index in [1.807, 2.05) is 32.0 Å². The zero-order chi connectivity index (χ0) is 14.0. The predicted molar refractivity (Wildman–Crippen MR) is 72.2 cm³/mol. The van der Waals surface area contributed by atoms with E-state index in [0.717, 1.165) is 11.1 Å². The molecule has 0 spiro atoms. The molecule has 2 amide bonds. The van der Waals surface area contributed by atoms with Crippen LogP contribution >= 0.6 is 11.6 Å². The van der Waals surface area contributed by atoms with E-state index in [1.54, 1.807) is 0 Å². The second kappa shape index (κ2) is 5.48. The van der Waals surface area contributed by atoms with Crippen molar-refractivity contribution in [1.29, 1.82) is 0 Å². The van der Waals surface area contributed by atoms with E-state index in [9.17, 15) is 9.59 Å². The van der Waals surface area contributed by atoms with Crippen LogP contribution in [0.3, 0.4) is 0 Å². The SMILES string of the molecule is Cc1cccc(C)c1N(C(=O)CCl)N1CCOC1=O. The normalized spacial score (nSPS) is 14.5. The van der Waals surface area contributed by atoms with Crippen LogP contribution in [0.2, 0.25) is 0 Å². The second-order valence-electron chi connectivity index (χ2n) is 4.32. The van der Waals surface area contributed by atoms with Gasteiger partial charge in [-0.15, -0.1) is 11.6 Å². The average Bonchev–Trinajstić information content (AvgIpc) is 2.79. The number of carbonyl (C=O) groups excluding carboxylic acids is 2. The van der Waals surface area contributed by atoms with Gasteiger partial charge in [0.15, 0.2) is 0 Å². The van der Waals surface area contributed by atoms with Gasteiger partial charge in [0.25, 0.3) is 5.91 Å². The van der Waals surface area contributed by atoms with E-state index in [2.05, 4.69) is 0 Å². The third kappa shape index (κ3) is 2.51. The molecule has 1 saturated heterocycles. The molecule has 1 heterocycles. The van der Waals surface area contributed by atoms with Gasteiger partial charge in [-0.05, 0) is 25.0 Å². The smallest absolute Gasteiger partial charge is 0.429 e. The number of nitrogens with zero attached hydrogens (tertiary/aromatic N) is 2. The molecule has 0 saturated carbocycles. The number of amides is 2. The molecule has 0 radical (unpaired) electrons. The molecule has 0 aromatic heterocycles. The number of carbonyl (C=O) groups is 2. The Morgan fingerprint density at radius 2 is 2.05 bits per heavy atom. The highest BCUT2D eigenvalue weighted by Gasteiger charge is 2.33. The number of hydrogen-bond donors (Lipinski definition) is 0. The van der Waals surface area contributed by atoms with E-state index in [0.29, 0.717) is 12.2 Å². The van der Waals surface area contributed by atoms with Gasteiger partial charge in [-0.1, -0.05) is 18.2 Å². The van der Waals surface area contributed by atoms with Gasteiger partial charge in [-0.3, -0.25) is 4.79 Å². The minimum absolute atomic E-state index is 0.197. The Labute approximate surface area is 116 Å². The maximum absolute atomic E-state index is 12.1. The van der Waals surface area contributed by atoms with Crippen LogP contribution < -0.4 is 5.01 Å². The maximum atomic E-state index is 12.1. The minimum Gasteiger partial charge on any atom is -0.446 e. The highest BCUT2D eigenvalue weighted by Crippen LogP contribution is 2.27. The fourth-order valence-corrected chi connectivity index (χ4v) is 2.26. The summed E-state index contributed by atoms with van der Waals surface area (Å²) in [5, 5.41) is 2.62. The van der Waals surface area contributed by atoms with Crippen LogP contribution in [-0.2, 0) is 9.53 Å². The Kier molecular flexibility index (Phi) is 3.95. The molecule has 0 atom stereocenters. The van der Waals surface area contributed by atoms with Gasteiger partial charge in [0, 0.05) is 0 Å². The number of cyclic esters (lactones) is 1. The summed E-state index contributed by atoms with van der Waals surface area (Å²) < 4.78 is 4.89. The molecule has 2 rings (SSSR count). The lowest BCUT2D eigenvalue weighted by Gasteiger charge is -2.31. The average molecular weight is 283 g/mol. The van der Waals surface area contributed by atoms with Gasteiger partial charge in [0.2, 0.25) is 0 Å². The minimum atomic E-state index is -0.527. The third-order valence-electron chi connectivity index (χ3n) is 2.98. The molecule has 6 heteroatoms. The van der Waals surface area contributed by atoms with E-state index in [-0.39, 0.29) is 18.4 Å². The summed E-state index contributed by atoms with van der Waals surface area (Å²) in [7, 11) is 0. The molecule has 102 valence electrons. The predicted octanol–water partition coefficient (Wildman–Crippen LogP) is 2.24. The Balaban J connectivity index is 2.49. The quantitative estimate of drug-likeness (QED) is 0.799. The number of rotatable bonds is 3. The van der Waals surface area contributed by atoms with Crippen molar-refractivity contribution in [3.8, 4) is 0 Å². The summed E-state index contributed by atoms with van der Waals surface area (Å²) in [6.07, 6.45) is -0.527. The van der Waals surface area contributed by atoms with Gasteiger partial charge < -0.3 is 4.74 Å². The van der Waals surface area contributed by atoms with Crippen LogP contribution in [0.15, 0.2) is 18.2 Å². The third-order valence-corrected chi connectivity index (χ3v) is 3.21. The summed E-state index contributed by atoms with van der Waals surface area (Å²) in [5.41, 5.74) is 2.49.